The van der Waals surface area contributed by atoms with E-state index < -0.39 is 0 Å². The molecule has 0 fully saturated rings. The van der Waals surface area contributed by atoms with Gasteiger partial charge in [0.2, 0.25) is 0 Å². The monoisotopic (exact) mass is 376 g/mol. The highest BCUT2D eigenvalue weighted by Gasteiger charge is 2.17. The Morgan fingerprint density at radius 2 is 1.35 bits per heavy atom. The fourth-order valence-corrected chi connectivity index (χ4v) is 2.91. The van der Waals surface area contributed by atoms with Crippen LogP contribution in [0.25, 0.3) is 0 Å². The minimum absolute atomic E-state index is 0.294. The van der Waals surface area contributed by atoms with Gasteiger partial charge in [-0.2, -0.15) is 0 Å². The number of unbranched alkanes of at least 4 members (excludes halogenated alkanes) is 1. The molecule has 0 atom stereocenters. The van der Waals surface area contributed by atoms with E-state index in [1.54, 1.807) is 0 Å². The molecule has 142 valence electrons. The van der Waals surface area contributed by atoms with Gasteiger partial charge in [-0.15, -0.1) is 0 Å². The zero-order chi connectivity index (χ0) is 19.1. The van der Waals surface area contributed by atoms with Crippen molar-refractivity contribution >= 4 is 11.6 Å². The highest BCUT2D eigenvalue weighted by atomic mass is 35.5. The number of phenols is 1. The normalized spacial score (nSPS) is 11.2. The van der Waals surface area contributed by atoms with Crippen LogP contribution in [0.2, 0.25) is 5.02 Å². The van der Waals surface area contributed by atoms with Crippen LogP contribution >= 0.6 is 11.6 Å². The number of halogens is 1. The van der Waals surface area contributed by atoms with Crippen LogP contribution in [0.1, 0.15) is 63.5 Å². The number of hydrogen-bond donors (Lipinski definition) is 1. The molecule has 2 aromatic rings. The Morgan fingerprint density at radius 1 is 0.846 bits per heavy atom. The third-order valence-electron chi connectivity index (χ3n) is 4.24. The largest absolute Gasteiger partial charge is 0.508 e. The minimum Gasteiger partial charge on any atom is -0.508 e. The van der Waals surface area contributed by atoms with Gasteiger partial charge < -0.3 is 14.6 Å². The first kappa shape index (κ1) is 20.4. The third kappa shape index (κ3) is 5.84. The molecule has 0 spiro atoms. The van der Waals surface area contributed by atoms with E-state index in [1.165, 1.54) is 0 Å². The van der Waals surface area contributed by atoms with Crippen molar-refractivity contribution in [1.29, 1.82) is 0 Å². The van der Waals surface area contributed by atoms with Crippen LogP contribution in [-0.4, -0.2) is 18.3 Å². The van der Waals surface area contributed by atoms with Crippen LogP contribution in [0.15, 0.2) is 36.4 Å². The van der Waals surface area contributed by atoms with Gasteiger partial charge in [0.15, 0.2) is 0 Å². The van der Waals surface area contributed by atoms with Crippen molar-refractivity contribution < 1.29 is 14.6 Å². The van der Waals surface area contributed by atoms with Gasteiger partial charge >= 0.3 is 0 Å². The topological polar surface area (TPSA) is 38.7 Å². The molecule has 26 heavy (non-hydrogen) atoms. The molecular formula is C22H29ClO3. The van der Waals surface area contributed by atoms with E-state index in [-0.39, 0.29) is 0 Å². The fourth-order valence-electron chi connectivity index (χ4n) is 2.78. The summed E-state index contributed by atoms with van der Waals surface area (Å²) in [6.45, 7) is 9.75. The van der Waals surface area contributed by atoms with Gasteiger partial charge in [0, 0.05) is 16.1 Å². The van der Waals surface area contributed by atoms with Gasteiger partial charge in [-0.05, 0) is 61.1 Å². The quantitative estimate of drug-likeness (QED) is 0.505. The Morgan fingerprint density at radius 3 is 1.85 bits per heavy atom. The van der Waals surface area contributed by atoms with E-state index in [0.717, 1.165) is 35.5 Å². The predicted molar refractivity (Wildman–Crippen MR) is 108 cm³/mol. The van der Waals surface area contributed by atoms with Crippen LogP contribution in [-0.2, 0) is 0 Å². The van der Waals surface area contributed by atoms with Gasteiger partial charge in [0.05, 0.1) is 13.2 Å². The van der Waals surface area contributed by atoms with Gasteiger partial charge in [-0.25, -0.2) is 0 Å². The Labute approximate surface area is 161 Å². The van der Waals surface area contributed by atoms with Gasteiger partial charge in [-0.3, -0.25) is 0 Å². The molecule has 1 N–H and O–H groups in total. The smallest absolute Gasteiger partial charge is 0.126 e. The van der Waals surface area contributed by atoms with E-state index in [2.05, 4.69) is 27.7 Å². The Balaban J connectivity index is 1.87. The third-order valence-corrected chi connectivity index (χ3v) is 4.49. The Bertz CT molecular complexity index is 664. The van der Waals surface area contributed by atoms with Crippen molar-refractivity contribution in [3.05, 3.63) is 52.5 Å². The first-order chi connectivity index (χ1) is 12.4. The summed E-state index contributed by atoms with van der Waals surface area (Å²) in [5.74, 6) is 2.65. The zero-order valence-corrected chi connectivity index (χ0v) is 16.8. The molecule has 3 nitrogen and oxygen atoms in total. The summed E-state index contributed by atoms with van der Waals surface area (Å²) >= 11 is 5.86. The molecule has 0 aromatic heterocycles. The first-order valence-corrected chi connectivity index (χ1v) is 9.64. The van der Waals surface area contributed by atoms with E-state index in [1.807, 2.05) is 36.4 Å². The molecule has 0 saturated carbocycles. The summed E-state index contributed by atoms with van der Waals surface area (Å²) in [7, 11) is 0. The summed E-state index contributed by atoms with van der Waals surface area (Å²) < 4.78 is 11.8. The standard InChI is InChI=1S/C22H29ClO3/c1-15(2)20-13-18(24)14-21(16(3)4)22(20)26-12-6-5-11-25-19-9-7-17(23)8-10-19/h7-10,13-16,24H,5-6,11-12H2,1-4H3. The number of benzene rings is 2. The molecule has 0 aliphatic carbocycles. The van der Waals surface area contributed by atoms with Gasteiger partial charge in [0.25, 0.3) is 0 Å². The SMILES string of the molecule is CC(C)c1cc(O)cc(C(C)C)c1OCCCCOc1ccc(Cl)cc1. The summed E-state index contributed by atoms with van der Waals surface area (Å²) in [4.78, 5) is 0. The number of hydrogen-bond acceptors (Lipinski definition) is 3. The number of rotatable bonds is 9. The summed E-state index contributed by atoms with van der Waals surface area (Å²) in [6, 6.07) is 11.0. The molecule has 0 radical (unpaired) electrons. The molecular weight excluding hydrogens is 348 g/mol. The first-order valence-electron chi connectivity index (χ1n) is 9.26. The maximum Gasteiger partial charge on any atom is 0.126 e. The molecule has 2 aromatic carbocycles. The molecule has 4 heteroatoms. The molecule has 0 aliphatic heterocycles. The second kappa shape index (κ2) is 9.72. The molecule has 0 saturated heterocycles. The lowest BCUT2D eigenvalue weighted by molar-refractivity contribution is 0.262. The number of aromatic hydroxyl groups is 1. The number of ether oxygens (including phenoxy) is 2. The van der Waals surface area contributed by atoms with E-state index in [0.29, 0.717) is 35.8 Å². The fraction of sp³-hybridized carbons (Fsp3) is 0.455. The summed E-state index contributed by atoms with van der Waals surface area (Å²) in [5, 5.41) is 10.7. The maximum atomic E-state index is 10.0. The Kier molecular flexibility index (Phi) is 7.65. The van der Waals surface area contributed by atoms with Crippen LogP contribution in [0, 0.1) is 0 Å². The molecule has 0 aliphatic rings. The lowest BCUT2D eigenvalue weighted by Crippen LogP contribution is -2.07. The highest BCUT2D eigenvalue weighted by Crippen LogP contribution is 2.38. The second-order valence-corrected chi connectivity index (χ2v) is 7.56. The van der Waals surface area contributed by atoms with Crippen molar-refractivity contribution in [1.82, 2.24) is 0 Å². The minimum atomic E-state index is 0.294. The lowest BCUT2D eigenvalue weighted by Gasteiger charge is -2.20. The average molecular weight is 377 g/mol. The van der Waals surface area contributed by atoms with Crippen LogP contribution in [0.4, 0.5) is 0 Å². The van der Waals surface area contributed by atoms with Crippen LogP contribution in [0.3, 0.4) is 0 Å². The van der Waals surface area contributed by atoms with Crippen LogP contribution < -0.4 is 9.47 Å². The van der Waals surface area contributed by atoms with Crippen molar-refractivity contribution in [3.8, 4) is 17.2 Å². The lowest BCUT2D eigenvalue weighted by atomic mass is 9.93. The highest BCUT2D eigenvalue weighted by molar-refractivity contribution is 6.30. The van der Waals surface area contributed by atoms with Crippen molar-refractivity contribution in [2.75, 3.05) is 13.2 Å². The molecule has 2 rings (SSSR count). The predicted octanol–water partition coefficient (Wildman–Crippen LogP) is 6.53. The van der Waals surface area contributed by atoms with E-state index in [9.17, 15) is 5.11 Å². The Hall–Kier alpha value is -1.87. The maximum absolute atomic E-state index is 10.0. The number of phenolic OH excluding ortho intramolecular Hbond substituents is 1. The zero-order valence-electron chi connectivity index (χ0n) is 16.1. The van der Waals surface area contributed by atoms with E-state index in [4.69, 9.17) is 21.1 Å². The van der Waals surface area contributed by atoms with Crippen molar-refractivity contribution in [2.45, 2.75) is 52.4 Å². The van der Waals surface area contributed by atoms with Gasteiger partial charge in [0.1, 0.15) is 17.2 Å². The van der Waals surface area contributed by atoms with Crippen molar-refractivity contribution in [2.24, 2.45) is 0 Å². The molecule has 0 bridgehead atoms. The van der Waals surface area contributed by atoms with E-state index >= 15 is 0 Å². The van der Waals surface area contributed by atoms with Crippen molar-refractivity contribution in [3.63, 3.8) is 0 Å². The second-order valence-electron chi connectivity index (χ2n) is 7.12. The summed E-state index contributed by atoms with van der Waals surface area (Å²) in [5.41, 5.74) is 2.12. The summed E-state index contributed by atoms with van der Waals surface area (Å²) in [6.07, 6.45) is 1.82. The van der Waals surface area contributed by atoms with Crippen LogP contribution in [0.5, 0.6) is 17.2 Å². The van der Waals surface area contributed by atoms with Gasteiger partial charge in [-0.1, -0.05) is 39.3 Å². The molecule has 0 unspecified atom stereocenters. The molecule has 0 amide bonds. The average Bonchev–Trinajstić information content (AvgIpc) is 2.59. The molecule has 0 heterocycles.